The lowest BCUT2D eigenvalue weighted by Gasteiger charge is -2.40. The lowest BCUT2D eigenvalue weighted by molar-refractivity contribution is -0.0171. The van der Waals surface area contributed by atoms with E-state index in [0.717, 1.165) is 32.1 Å². The molecule has 0 aliphatic carbocycles. The van der Waals surface area contributed by atoms with E-state index in [1.807, 2.05) is 42.5 Å². The second-order valence-corrected chi connectivity index (χ2v) is 8.20. The highest BCUT2D eigenvalue weighted by molar-refractivity contribution is 9.10. The molecule has 4 rings (SSSR count). The van der Waals surface area contributed by atoms with Gasteiger partial charge in [0.1, 0.15) is 0 Å². The van der Waals surface area contributed by atoms with Gasteiger partial charge in [-0.15, -0.1) is 0 Å². The number of hydrogen-bond donors (Lipinski definition) is 2. The number of amides is 2. The maximum Gasteiger partial charge on any atom is 0.317 e. The largest absolute Gasteiger partial charge is 0.351 e. The van der Waals surface area contributed by atoms with E-state index >= 15 is 0 Å². The number of halogens is 2. The summed E-state index contributed by atoms with van der Waals surface area (Å²) in [5.74, 6) is 0. The Kier molecular flexibility index (Phi) is 4.90. The molecule has 2 saturated heterocycles. The van der Waals surface area contributed by atoms with Gasteiger partial charge in [-0.25, -0.2) is 4.79 Å². The van der Waals surface area contributed by atoms with Gasteiger partial charge in [-0.2, -0.15) is 0 Å². The van der Waals surface area contributed by atoms with Crippen molar-refractivity contribution < 1.29 is 9.53 Å². The van der Waals surface area contributed by atoms with Crippen molar-refractivity contribution in [2.45, 2.75) is 24.6 Å². The quantitative estimate of drug-likeness (QED) is 0.627. The van der Waals surface area contributed by atoms with Crippen molar-refractivity contribution >= 4 is 44.0 Å². The predicted octanol–water partition coefficient (Wildman–Crippen LogP) is 5.16. The van der Waals surface area contributed by atoms with Crippen LogP contribution in [0.5, 0.6) is 0 Å². The first-order valence-electron chi connectivity index (χ1n) is 8.50. The van der Waals surface area contributed by atoms with Crippen LogP contribution < -0.4 is 10.6 Å². The van der Waals surface area contributed by atoms with Gasteiger partial charge in [-0.05, 0) is 41.3 Å². The first kappa shape index (κ1) is 17.8. The minimum atomic E-state index is -0.766. The molecule has 4 nitrogen and oxygen atoms in total. The maximum atomic E-state index is 12.4. The molecular formula is C20H18Br2N2O2. The molecule has 0 bridgehead atoms. The van der Waals surface area contributed by atoms with Crippen LogP contribution in [-0.4, -0.2) is 18.4 Å². The third kappa shape index (κ3) is 3.33. The van der Waals surface area contributed by atoms with Crippen LogP contribution in [0, 0.1) is 0 Å². The summed E-state index contributed by atoms with van der Waals surface area (Å²) in [6.45, 7) is 0.596. The average Bonchev–Trinajstić information content (AvgIpc) is 2.98. The van der Waals surface area contributed by atoms with Crippen LogP contribution in [0.3, 0.4) is 0 Å². The molecular weight excluding hydrogens is 460 g/mol. The first-order chi connectivity index (χ1) is 12.6. The molecule has 2 amide bonds. The Morgan fingerprint density at radius 2 is 1.81 bits per heavy atom. The summed E-state index contributed by atoms with van der Waals surface area (Å²) in [5, 5.41) is 6.05. The number of rotatable bonds is 2. The minimum Gasteiger partial charge on any atom is -0.351 e. The number of ether oxygens (including phenoxy) is 1. The lowest BCUT2D eigenvalue weighted by atomic mass is 9.88. The average molecular weight is 478 g/mol. The molecule has 26 heavy (non-hydrogen) atoms. The fraction of sp³-hybridized carbons (Fsp3) is 0.250. The van der Waals surface area contributed by atoms with Gasteiger partial charge in [0.15, 0.2) is 5.72 Å². The summed E-state index contributed by atoms with van der Waals surface area (Å²) in [6.07, 6.45) is 3.56. The predicted molar refractivity (Wildman–Crippen MR) is 109 cm³/mol. The first-order valence-corrected chi connectivity index (χ1v) is 10.1. The Hall–Kier alpha value is -1.63. The molecule has 2 heterocycles. The highest BCUT2D eigenvalue weighted by Crippen LogP contribution is 2.41. The van der Waals surface area contributed by atoms with Gasteiger partial charge in [0.05, 0.1) is 12.6 Å². The summed E-state index contributed by atoms with van der Waals surface area (Å²) < 4.78 is 8.11. The van der Waals surface area contributed by atoms with Gasteiger partial charge in [0.25, 0.3) is 0 Å². The Labute approximate surface area is 169 Å². The van der Waals surface area contributed by atoms with Crippen LogP contribution in [-0.2, 0) is 4.74 Å². The molecule has 2 aromatic carbocycles. The van der Waals surface area contributed by atoms with E-state index in [0.29, 0.717) is 13.0 Å². The van der Waals surface area contributed by atoms with Gasteiger partial charge in [-0.3, -0.25) is 0 Å². The van der Waals surface area contributed by atoms with Crippen molar-refractivity contribution in [3.8, 4) is 0 Å². The van der Waals surface area contributed by atoms with E-state index in [9.17, 15) is 4.79 Å². The fourth-order valence-electron chi connectivity index (χ4n) is 3.62. The molecule has 2 aromatic rings. The van der Waals surface area contributed by atoms with E-state index < -0.39 is 5.72 Å². The van der Waals surface area contributed by atoms with Crippen LogP contribution in [0.25, 0.3) is 6.08 Å². The second kappa shape index (κ2) is 7.18. The summed E-state index contributed by atoms with van der Waals surface area (Å²) in [7, 11) is 0. The number of urea groups is 1. The van der Waals surface area contributed by atoms with E-state index in [-0.39, 0.29) is 12.1 Å². The Morgan fingerprint density at radius 1 is 1.08 bits per heavy atom. The van der Waals surface area contributed by atoms with Gasteiger partial charge in [-0.1, -0.05) is 68.3 Å². The van der Waals surface area contributed by atoms with Crippen molar-refractivity contribution in [3.63, 3.8) is 0 Å². The van der Waals surface area contributed by atoms with Crippen molar-refractivity contribution in [3.05, 3.63) is 74.2 Å². The highest BCUT2D eigenvalue weighted by atomic mass is 79.9. The topological polar surface area (TPSA) is 50.4 Å². The Bertz CT molecular complexity index is 884. The van der Waals surface area contributed by atoms with E-state index in [1.54, 1.807) is 0 Å². The minimum absolute atomic E-state index is 0.125. The van der Waals surface area contributed by atoms with Crippen molar-refractivity contribution in [1.29, 1.82) is 0 Å². The number of hydrogen-bond acceptors (Lipinski definition) is 2. The zero-order valence-corrected chi connectivity index (χ0v) is 17.1. The Morgan fingerprint density at radius 3 is 2.58 bits per heavy atom. The molecule has 1 spiro atoms. The molecule has 0 aromatic heterocycles. The van der Waals surface area contributed by atoms with E-state index in [2.05, 4.69) is 54.6 Å². The van der Waals surface area contributed by atoms with Crippen molar-refractivity contribution in [2.24, 2.45) is 0 Å². The summed E-state index contributed by atoms with van der Waals surface area (Å²) >= 11 is 7.19. The molecule has 2 N–H and O–H groups in total. The lowest BCUT2D eigenvalue weighted by Crippen LogP contribution is -2.59. The molecule has 134 valence electrons. The maximum absolute atomic E-state index is 12.4. The van der Waals surface area contributed by atoms with E-state index in [1.165, 1.54) is 0 Å². The van der Waals surface area contributed by atoms with Crippen LogP contribution in [0.15, 0.2) is 63.0 Å². The number of carbonyl (C=O) groups excluding carboxylic acids is 1. The molecule has 2 fully saturated rings. The smallest absolute Gasteiger partial charge is 0.317 e. The van der Waals surface area contributed by atoms with Gasteiger partial charge in [0, 0.05) is 15.4 Å². The summed E-state index contributed by atoms with van der Waals surface area (Å²) in [5.41, 5.74) is 2.46. The number of carbonyl (C=O) groups is 1. The SMILES string of the molecule is O=C1NC(c2ccccc2Br)CC2(N1)OCC/C2=C\c1ccccc1Br. The Balaban J connectivity index is 1.71. The van der Waals surface area contributed by atoms with Gasteiger partial charge in [0.2, 0.25) is 0 Å². The summed E-state index contributed by atoms with van der Waals surface area (Å²) in [4.78, 5) is 12.4. The zero-order valence-electron chi connectivity index (χ0n) is 14.0. The molecule has 0 radical (unpaired) electrons. The van der Waals surface area contributed by atoms with Crippen molar-refractivity contribution in [2.75, 3.05) is 6.61 Å². The third-order valence-corrected chi connectivity index (χ3v) is 6.31. The number of nitrogens with one attached hydrogen (secondary N) is 2. The van der Waals surface area contributed by atoms with E-state index in [4.69, 9.17) is 4.74 Å². The molecule has 0 saturated carbocycles. The van der Waals surface area contributed by atoms with Crippen LogP contribution in [0.4, 0.5) is 4.79 Å². The molecule has 6 heteroatoms. The van der Waals surface area contributed by atoms with Crippen molar-refractivity contribution in [1.82, 2.24) is 10.6 Å². The number of benzene rings is 2. The van der Waals surface area contributed by atoms with Gasteiger partial charge < -0.3 is 15.4 Å². The van der Waals surface area contributed by atoms with Crippen LogP contribution >= 0.6 is 31.9 Å². The van der Waals surface area contributed by atoms with Crippen LogP contribution in [0.1, 0.15) is 30.0 Å². The fourth-order valence-corrected chi connectivity index (χ4v) is 4.58. The standard InChI is InChI=1S/C20H18Br2N2O2/c21-16-7-3-1-5-13(16)11-14-9-10-26-20(14)12-18(23-19(25)24-20)15-6-2-4-8-17(15)22/h1-8,11,18H,9-10,12H2,(H2,23,24,25)/b14-11+. The molecule has 2 unspecified atom stereocenters. The molecule has 2 atom stereocenters. The summed E-state index contributed by atoms with van der Waals surface area (Å²) in [6, 6.07) is 15.7. The molecule has 2 aliphatic heterocycles. The normalized spacial score (nSPS) is 26.8. The van der Waals surface area contributed by atoms with Gasteiger partial charge >= 0.3 is 6.03 Å². The van der Waals surface area contributed by atoms with Crippen LogP contribution in [0.2, 0.25) is 0 Å². The second-order valence-electron chi connectivity index (χ2n) is 6.49. The monoisotopic (exact) mass is 476 g/mol. The zero-order chi connectivity index (χ0) is 18.1. The highest BCUT2D eigenvalue weighted by Gasteiger charge is 2.47. The molecule has 2 aliphatic rings. The third-order valence-electron chi connectivity index (χ3n) is 4.87.